The molecule has 2 aromatic rings. The molecule has 1 unspecified atom stereocenters. The van der Waals surface area contributed by atoms with Crippen LogP contribution in [0.15, 0.2) is 52.3 Å². The molecular formula is C23H26ClFN4O4. The molecule has 1 atom stereocenters. The summed E-state index contributed by atoms with van der Waals surface area (Å²) < 4.78 is 24.0. The number of amides is 2. The van der Waals surface area contributed by atoms with Crippen LogP contribution in [0.4, 0.5) is 9.18 Å². The van der Waals surface area contributed by atoms with E-state index in [-0.39, 0.29) is 12.4 Å². The van der Waals surface area contributed by atoms with Gasteiger partial charge in [-0.05, 0) is 36.8 Å². The predicted octanol–water partition coefficient (Wildman–Crippen LogP) is 3.06. The Bertz CT molecular complexity index is 1040. The molecular weight excluding hydrogens is 451 g/mol. The summed E-state index contributed by atoms with van der Waals surface area (Å²) in [6.45, 7) is 5.97. The maximum absolute atomic E-state index is 13.3. The first-order chi connectivity index (χ1) is 15.9. The molecule has 2 aliphatic rings. The van der Waals surface area contributed by atoms with Crippen molar-refractivity contribution in [2.75, 3.05) is 39.3 Å². The molecule has 1 aromatic carbocycles. The molecule has 4 rings (SSSR count). The Morgan fingerprint density at radius 2 is 1.94 bits per heavy atom. The zero-order chi connectivity index (χ0) is 23.4. The molecule has 10 heteroatoms. The van der Waals surface area contributed by atoms with E-state index in [1.54, 1.807) is 25.1 Å². The fourth-order valence-corrected chi connectivity index (χ4v) is 4.31. The van der Waals surface area contributed by atoms with Crippen LogP contribution < -0.4 is 10.6 Å². The normalized spacial score (nSPS) is 19.8. The Balaban J connectivity index is 1.46. The van der Waals surface area contributed by atoms with Crippen molar-refractivity contribution in [1.82, 2.24) is 20.4 Å². The molecule has 3 heterocycles. The number of halogens is 2. The summed E-state index contributed by atoms with van der Waals surface area (Å²) in [7, 11) is 0. The topological polar surface area (TPSA) is 87.0 Å². The number of benzene rings is 1. The highest BCUT2D eigenvalue weighted by atomic mass is 35.5. The number of hydrogen-bond acceptors (Lipinski definition) is 6. The molecule has 1 fully saturated rings. The van der Waals surface area contributed by atoms with Crippen molar-refractivity contribution in [2.24, 2.45) is 0 Å². The van der Waals surface area contributed by atoms with E-state index >= 15 is 0 Å². The van der Waals surface area contributed by atoms with Crippen LogP contribution in [-0.4, -0.2) is 61.1 Å². The third-order valence-electron chi connectivity index (χ3n) is 5.73. The van der Waals surface area contributed by atoms with Gasteiger partial charge in [0.15, 0.2) is 0 Å². The van der Waals surface area contributed by atoms with Crippen LogP contribution in [0.2, 0.25) is 5.02 Å². The van der Waals surface area contributed by atoms with Gasteiger partial charge in [0.2, 0.25) is 0 Å². The number of carbonyl (C=O) groups excluding carboxylic acids is 2. The molecule has 8 nitrogen and oxygen atoms in total. The first kappa shape index (κ1) is 23.3. The first-order valence-corrected chi connectivity index (χ1v) is 11.2. The molecule has 1 aromatic heterocycles. The standard InChI is InChI=1S/C23H26ClFN4O4/c1-2-32-22(30)20-18(26-23(31)27-21(20)19-4-3-11-33-19)14-29-9-7-28(8-10-29)13-15-5-6-16(25)12-17(15)24/h3-6,11-12,21H,2,7-10,13-14H2,1H3,(H2,26,27,31). The van der Waals surface area contributed by atoms with E-state index in [1.807, 2.05) is 0 Å². The van der Waals surface area contributed by atoms with Crippen molar-refractivity contribution in [1.29, 1.82) is 0 Å². The third-order valence-corrected chi connectivity index (χ3v) is 6.08. The summed E-state index contributed by atoms with van der Waals surface area (Å²) in [5.41, 5.74) is 1.73. The highest BCUT2D eigenvalue weighted by molar-refractivity contribution is 6.31. The zero-order valence-corrected chi connectivity index (χ0v) is 19.0. The number of ether oxygens (including phenoxy) is 1. The minimum absolute atomic E-state index is 0.221. The van der Waals surface area contributed by atoms with Crippen molar-refractivity contribution in [2.45, 2.75) is 19.5 Å². The van der Waals surface area contributed by atoms with Crippen LogP contribution in [-0.2, 0) is 16.1 Å². The fourth-order valence-electron chi connectivity index (χ4n) is 4.08. The summed E-state index contributed by atoms with van der Waals surface area (Å²) in [5, 5.41) is 5.96. The Morgan fingerprint density at radius 1 is 1.21 bits per heavy atom. The average Bonchev–Trinajstić information content (AvgIpc) is 3.31. The summed E-state index contributed by atoms with van der Waals surface area (Å²) in [6.07, 6.45) is 1.50. The van der Waals surface area contributed by atoms with Crippen molar-refractivity contribution in [3.63, 3.8) is 0 Å². The lowest BCUT2D eigenvalue weighted by molar-refractivity contribution is -0.139. The maximum Gasteiger partial charge on any atom is 0.338 e. The first-order valence-electron chi connectivity index (χ1n) is 10.8. The largest absolute Gasteiger partial charge is 0.467 e. The van der Waals surface area contributed by atoms with Gasteiger partial charge in [0.1, 0.15) is 17.6 Å². The average molecular weight is 477 g/mol. The molecule has 0 saturated carbocycles. The number of esters is 1. The smallest absolute Gasteiger partial charge is 0.338 e. The van der Waals surface area contributed by atoms with Gasteiger partial charge in [0.25, 0.3) is 0 Å². The fraction of sp³-hybridized carbons (Fsp3) is 0.391. The lowest BCUT2D eigenvalue weighted by Gasteiger charge is -2.36. The molecule has 2 N–H and O–H groups in total. The maximum atomic E-state index is 13.3. The molecule has 0 aliphatic carbocycles. The minimum atomic E-state index is -0.718. The van der Waals surface area contributed by atoms with E-state index in [4.69, 9.17) is 20.8 Å². The lowest BCUT2D eigenvalue weighted by Crippen LogP contribution is -2.51. The lowest BCUT2D eigenvalue weighted by atomic mass is 9.99. The number of nitrogens with zero attached hydrogens (tertiary/aromatic N) is 2. The van der Waals surface area contributed by atoms with E-state index in [1.165, 1.54) is 18.4 Å². The van der Waals surface area contributed by atoms with Crippen molar-refractivity contribution < 1.29 is 23.1 Å². The third kappa shape index (κ3) is 5.55. The van der Waals surface area contributed by atoms with Crippen LogP contribution in [0.3, 0.4) is 0 Å². The van der Waals surface area contributed by atoms with E-state index in [0.717, 1.165) is 31.7 Å². The summed E-state index contributed by atoms with van der Waals surface area (Å²) in [5.74, 6) is -0.381. The molecule has 1 saturated heterocycles. The van der Waals surface area contributed by atoms with Crippen LogP contribution in [0.5, 0.6) is 0 Å². The van der Waals surface area contributed by atoms with Crippen molar-refractivity contribution >= 4 is 23.6 Å². The number of hydrogen-bond donors (Lipinski definition) is 2. The van der Waals surface area contributed by atoms with E-state index in [9.17, 15) is 14.0 Å². The van der Waals surface area contributed by atoms with E-state index in [2.05, 4.69) is 20.4 Å². The molecule has 0 spiro atoms. The Kier molecular flexibility index (Phi) is 7.32. The Hall–Kier alpha value is -2.88. The highest BCUT2D eigenvalue weighted by Gasteiger charge is 2.36. The van der Waals surface area contributed by atoms with Crippen molar-refractivity contribution in [3.8, 4) is 0 Å². The minimum Gasteiger partial charge on any atom is -0.467 e. The number of carbonyl (C=O) groups is 2. The Morgan fingerprint density at radius 3 is 2.58 bits per heavy atom. The van der Waals surface area contributed by atoms with Crippen LogP contribution in [0, 0.1) is 5.82 Å². The van der Waals surface area contributed by atoms with Crippen LogP contribution >= 0.6 is 11.6 Å². The van der Waals surface area contributed by atoms with Gasteiger partial charge in [-0.2, -0.15) is 0 Å². The summed E-state index contributed by atoms with van der Waals surface area (Å²) in [6, 6.07) is 6.75. The number of furan rings is 1. The van der Waals surface area contributed by atoms with Gasteiger partial charge in [-0.1, -0.05) is 17.7 Å². The highest BCUT2D eigenvalue weighted by Crippen LogP contribution is 2.29. The predicted molar refractivity (Wildman–Crippen MR) is 120 cm³/mol. The molecule has 176 valence electrons. The molecule has 0 radical (unpaired) electrons. The van der Waals surface area contributed by atoms with Gasteiger partial charge >= 0.3 is 12.0 Å². The number of nitrogens with one attached hydrogen (secondary N) is 2. The summed E-state index contributed by atoms with van der Waals surface area (Å²) in [4.78, 5) is 29.5. The Labute approximate surface area is 196 Å². The van der Waals surface area contributed by atoms with Gasteiger partial charge in [0, 0.05) is 50.0 Å². The SMILES string of the molecule is CCOC(=O)C1=C(CN2CCN(Cc3ccc(F)cc3Cl)CC2)NC(=O)NC1c1ccco1. The number of urea groups is 1. The second kappa shape index (κ2) is 10.4. The van der Waals surface area contributed by atoms with E-state index < -0.39 is 18.0 Å². The van der Waals surface area contributed by atoms with E-state index in [0.29, 0.717) is 35.1 Å². The molecule has 33 heavy (non-hydrogen) atoms. The second-order valence-corrected chi connectivity index (χ2v) is 8.35. The van der Waals surface area contributed by atoms with Gasteiger partial charge in [-0.3, -0.25) is 9.80 Å². The molecule has 2 amide bonds. The zero-order valence-electron chi connectivity index (χ0n) is 18.3. The van der Waals surface area contributed by atoms with Crippen LogP contribution in [0.25, 0.3) is 0 Å². The number of piperazine rings is 1. The van der Waals surface area contributed by atoms with Crippen LogP contribution in [0.1, 0.15) is 24.3 Å². The summed E-state index contributed by atoms with van der Waals surface area (Å²) >= 11 is 6.17. The quantitative estimate of drug-likeness (QED) is 0.597. The van der Waals surface area contributed by atoms with Gasteiger partial charge in [-0.15, -0.1) is 0 Å². The number of rotatable bonds is 7. The monoisotopic (exact) mass is 476 g/mol. The second-order valence-electron chi connectivity index (χ2n) is 7.95. The van der Waals surface area contributed by atoms with Gasteiger partial charge < -0.3 is 19.8 Å². The van der Waals surface area contributed by atoms with Crippen molar-refractivity contribution in [3.05, 3.63) is 70.0 Å². The molecule has 0 bridgehead atoms. The van der Waals surface area contributed by atoms with Gasteiger partial charge in [-0.25, -0.2) is 14.0 Å². The molecule has 2 aliphatic heterocycles. The van der Waals surface area contributed by atoms with Gasteiger partial charge in [0.05, 0.1) is 18.4 Å².